The molecule has 2 rings (SSSR count). The first-order valence-electron chi connectivity index (χ1n) is 7.04. The van der Waals surface area contributed by atoms with Gasteiger partial charge < -0.3 is 9.67 Å². The normalized spacial score (nSPS) is 16.9. The Kier molecular flexibility index (Phi) is 4.01. The molecular weight excluding hydrogens is 276 g/mol. The molecule has 0 bridgehead atoms. The Balaban J connectivity index is 2.39. The van der Waals surface area contributed by atoms with Crippen LogP contribution in [0.4, 0.5) is 0 Å². The Morgan fingerprint density at radius 2 is 2.05 bits per heavy atom. The third-order valence-electron chi connectivity index (χ3n) is 4.39. The smallest absolute Gasteiger partial charge is 0.244 e. The Morgan fingerprint density at radius 1 is 1.45 bits per heavy atom. The molecule has 20 heavy (non-hydrogen) atoms. The second-order valence-electron chi connectivity index (χ2n) is 6.10. The van der Waals surface area contributed by atoms with E-state index in [1.54, 1.807) is 19.3 Å². The summed E-state index contributed by atoms with van der Waals surface area (Å²) in [7, 11) is -1.91. The van der Waals surface area contributed by atoms with Gasteiger partial charge in [0.25, 0.3) is 0 Å². The summed E-state index contributed by atoms with van der Waals surface area (Å²) >= 11 is 0. The molecule has 1 aromatic heterocycles. The minimum Gasteiger partial charge on any atom is -0.390 e. The van der Waals surface area contributed by atoms with Gasteiger partial charge in [0.2, 0.25) is 10.0 Å². The Morgan fingerprint density at radius 3 is 2.50 bits per heavy atom. The topological polar surface area (TPSA) is 62.5 Å². The maximum absolute atomic E-state index is 12.7. The summed E-state index contributed by atoms with van der Waals surface area (Å²) in [4.78, 5) is 0.275. The molecule has 1 aromatic rings. The fourth-order valence-electron chi connectivity index (χ4n) is 2.16. The van der Waals surface area contributed by atoms with Crippen molar-refractivity contribution in [3.05, 3.63) is 18.0 Å². The number of hydrogen-bond donors (Lipinski definition) is 1. The van der Waals surface area contributed by atoms with Crippen molar-refractivity contribution < 1.29 is 13.5 Å². The molecule has 1 saturated carbocycles. The van der Waals surface area contributed by atoms with Crippen LogP contribution in [0.1, 0.15) is 51.8 Å². The molecule has 6 heteroatoms. The molecule has 1 heterocycles. The van der Waals surface area contributed by atoms with Crippen molar-refractivity contribution >= 4 is 10.0 Å². The molecule has 1 N–H and O–H groups in total. The molecule has 0 atom stereocenters. The predicted octanol–water partition coefficient (Wildman–Crippen LogP) is 2.12. The van der Waals surface area contributed by atoms with E-state index in [4.69, 9.17) is 0 Å². The highest BCUT2D eigenvalue weighted by atomic mass is 32.2. The van der Waals surface area contributed by atoms with E-state index in [9.17, 15) is 13.5 Å². The first-order chi connectivity index (χ1) is 9.24. The monoisotopic (exact) mass is 300 g/mol. The minimum absolute atomic E-state index is 0.132. The summed E-state index contributed by atoms with van der Waals surface area (Å²) < 4.78 is 28.7. The molecule has 0 spiro atoms. The Labute approximate surface area is 121 Å². The van der Waals surface area contributed by atoms with Gasteiger partial charge in [-0.25, -0.2) is 8.42 Å². The van der Waals surface area contributed by atoms with Crippen LogP contribution in [0.25, 0.3) is 0 Å². The van der Waals surface area contributed by atoms with Crippen molar-refractivity contribution in [3.63, 3.8) is 0 Å². The van der Waals surface area contributed by atoms with Crippen LogP contribution < -0.4 is 0 Å². The standard InChI is InChI=1S/C14H24N2O3S/c1-5-14(2,3)15(4)20(18,19)13-8-12(10-17)16(9-13)11-6-7-11/h8-9,11,17H,5-7,10H2,1-4H3. The molecule has 0 aromatic carbocycles. The Hall–Kier alpha value is -0.850. The van der Waals surface area contributed by atoms with Crippen molar-refractivity contribution in [1.82, 2.24) is 8.87 Å². The SMILES string of the molecule is CCC(C)(C)N(C)S(=O)(=O)c1cc(CO)n(C2CC2)c1. The van der Waals surface area contributed by atoms with E-state index in [2.05, 4.69) is 0 Å². The van der Waals surface area contributed by atoms with Gasteiger partial charge in [-0.15, -0.1) is 0 Å². The molecule has 5 nitrogen and oxygen atoms in total. The van der Waals surface area contributed by atoms with Crippen molar-refractivity contribution in [3.8, 4) is 0 Å². The summed E-state index contributed by atoms with van der Waals surface area (Å²) in [5.74, 6) is 0. The number of hydrogen-bond acceptors (Lipinski definition) is 3. The van der Waals surface area contributed by atoms with E-state index >= 15 is 0 Å². The summed E-state index contributed by atoms with van der Waals surface area (Å²) in [6, 6.07) is 1.95. The van der Waals surface area contributed by atoms with Crippen LogP contribution in [0.15, 0.2) is 17.2 Å². The van der Waals surface area contributed by atoms with Crippen LogP contribution in [0.3, 0.4) is 0 Å². The molecule has 0 amide bonds. The van der Waals surface area contributed by atoms with Gasteiger partial charge in [-0.2, -0.15) is 4.31 Å². The van der Waals surface area contributed by atoms with Crippen LogP contribution in [0, 0.1) is 0 Å². The van der Waals surface area contributed by atoms with Crippen molar-refractivity contribution in [2.75, 3.05) is 7.05 Å². The highest BCUT2D eigenvalue weighted by Gasteiger charge is 2.35. The summed E-state index contributed by atoms with van der Waals surface area (Å²) in [6.07, 6.45) is 4.51. The van der Waals surface area contributed by atoms with E-state index in [0.717, 1.165) is 19.3 Å². The molecule has 1 fully saturated rings. The first-order valence-corrected chi connectivity index (χ1v) is 8.48. The van der Waals surface area contributed by atoms with E-state index in [-0.39, 0.29) is 11.5 Å². The van der Waals surface area contributed by atoms with E-state index in [1.807, 2.05) is 25.3 Å². The van der Waals surface area contributed by atoms with E-state index in [1.165, 1.54) is 4.31 Å². The van der Waals surface area contributed by atoms with Gasteiger partial charge in [-0.05, 0) is 39.2 Å². The lowest BCUT2D eigenvalue weighted by Gasteiger charge is -2.33. The molecule has 0 saturated heterocycles. The molecular formula is C14H24N2O3S. The van der Waals surface area contributed by atoms with Crippen LogP contribution >= 0.6 is 0 Å². The lowest BCUT2D eigenvalue weighted by molar-refractivity contribution is 0.257. The Bertz CT molecular complexity index is 586. The number of rotatable bonds is 6. The second-order valence-corrected chi connectivity index (χ2v) is 8.07. The number of aliphatic hydroxyl groups is 1. The van der Waals surface area contributed by atoms with E-state index < -0.39 is 15.6 Å². The van der Waals surface area contributed by atoms with E-state index in [0.29, 0.717) is 11.7 Å². The van der Waals surface area contributed by atoms with Crippen molar-refractivity contribution in [1.29, 1.82) is 0 Å². The number of aromatic nitrogens is 1. The lowest BCUT2D eigenvalue weighted by Crippen LogP contribution is -2.44. The van der Waals surface area contributed by atoms with Gasteiger partial charge >= 0.3 is 0 Å². The number of nitrogens with zero attached hydrogens (tertiary/aromatic N) is 2. The average molecular weight is 300 g/mol. The third-order valence-corrected chi connectivity index (χ3v) is 6.42. The zero-order chi connectivity index (χ0) is 15.1. The van der Waals surface area contributed by atoms with Gasteiger partial charge in [-0.1, -0.05) is 6.92 Å². The molecule has 0 aliphatic heterocycles. The molecule has 1 aliphatic carbocycles. The fraction of sp³-hybridized carbons (Fsp3) is 0.714. The highest BCUT2D eigenvalue weighted by molar-refractivity contribution is 7.89. The van der Waals surface area contributed by atoms with Gasteiger partial charge in [0.1, 0.15) is 4.90 Å². The maximum atomic E-state index is 12.7. The average Bonchev–Trinajstić information content (AvgIpc) is 3.16. The first kappa shape index (κ1) is 15.5. The van der Waals surface area contributed by atoms with Gasteiger partial charge in [-0.3, -0.25) is 0 Å². The van der Waals surface area contributed by atoms with Crippen LogP contribution in [-0.4, -0.2) is 35.0 Å². The second kappa shape index (κ2) is 5.16. The van der Waals surface area contributed by atoms with Crippen LogP contribution in [0.5, 0.6) is 0 Å². The molecule has 0 radical (unpaired) electrons. The van der Waals surface area contributed by atoms with Crippen molar-refractivity contribution in [2.45, 2.75) is 63.1 Å². The van der Waals surface area contributed by atoms with Crippen LogP contribution in [-0.2, 0) is 16.6 Å². The summed E-state index contributed by atoms with van der Waals surface area (Å²) in [6.45, 7) is 5.66. The van der Waals surface area contributed by atoms with Crippen LogP contribution in [0.2, 0.25) is 0 Å². The quantitative estimate of drug-likeness (QED) is 0.875. The van der Waals surface area contributed by atoms with Gasteiger partial charge in [0, 0.05) is 30.5 Å². The van der Waals surface area contributed by atoms with Crippen molar-refractivity contribution in [2.24, 2.45) is 0 Å². The molecule has 114 valence electrons. The largest absolute Gasteiger partial charge is 0.390 e. The number of aliphatic hydroxyl groups excluding tert-OH is 1. The minimum atomic E-state index is -3.52. The predicted molar refractivity (Wildman–Crippen MR) is 77.9 cm³/mol. The molecule has 1 aliphatic rings. The highest BCUT2D eigenvalue weighted by Crippen LogP contribution is 2.38. The summed E-state index contributed by atoms with van der Waals surface area (Å²) in [5.41, 5.74) is 0.244. The van der Waals surface area contributed by atoms with Gasteiger partial charge in [0.15, 0.2) is 0 Å². The third kappa shape index (κ3) is 2.64. The van der Waals surface area contributed by atoms with Gasteiger partial charge in [0.05, 0.1) is 6.61 Å². The maximum Gasteiger partial charge on any atom is 0.244 e. The number of sulfonamides is 1. The summed E-state index contributed by atoms with van der Waals surface area (Å²) in [5, 5.41) is 9.39. The lowest BCUT2D eigenvalue weighted by atomic mass is 10.0. The fourth-order valence-corrected chi connectivity index (χ4v) is 3.79. The zero-order valence-electron chi connectivity index (χ0n) is 12.6. The zero-order valence-corrected chi connectivity index (χ0v) is 13.4. The molecule has 0 unspecified atom stereocenters.